The highest BCUT2D eigenvalue weighted by atomic mass is 127. The Bertz CT molecular complexity index is 1380. The van der Waals surface area contributed by atoms with Crippen molar-refractivity contribution in [3.05, 3.63) is 85.9 Å². The minimum absolute atomic E-state index is 0.0170. The number of aromatic nitrogens is 2. The van der Waals surface area contributed by atoms with Gasteiger partial charge in [-0.25, -0.2) is 4.79 Å². The zero-order valence-electron chi connectivity index (χ0n) is 14.2. The van der Waals surface area contributed by atoms with E-state index in [9.17, 15) is 14.4 Å². The Morgan fingerprint density at radius 1 is 0.897 bits per heavy atom. The number of pyridine rings is 2. The first-order chi connectivity index (χ1) is 13.7. The van der Waals surface area contributed by atoms with Gasteiger partial charge >= 0.3 is 5.97 Å². The Morgan fingerprint density at radius 3 is 2.03 bits per heavy atom. The molecule has 0 saturated carbocycles. The molecule has 0 radical (unpaired) electrons. The number of rotatable bonds is 1. The van der Waals surface area contributed by atoms with Gasteiger partial charge in [-0.15, -0.1) is 0 Å². The Balaban J connectivity index is 0.000000169. The minimum Gasteiger partial charge on any atom is -0.477 e. The first-order valence-corrected chi connectivity index (χ1v) is 10.8. The second-order valence-corrected chi connectivity index (χ2v) is 8.94. The average Bonchev–Trinajstić information content (AvgIpc) is 2.66. The smallest absolute Gasteiger partial charge is 0.341 e. The first kappa shape index (κ1) is 22.1. The molecule has 2 aromatic heterocycles. The summed E-state index contributed by atoms with van der Waals surface area (Å²) in [7, 11) is 0. The lowest BCUT2D eigenvalue weighted by Crippen LogP contribution is -2.15. The Morgan fingerprint density at radius 2 is 1.45 bits per heavy atom. The Hall–Kier alpha value is -1.63. The third-order valence-electron chi connectivity index (χ3n) is 3.95. The molecule has 0 fully saturated rings. The van der Waals surface area contributed by atoms with Crippen molar-refractivity contribution in [1.82, 2.24) is 9.97 Å². The van der Waals surface area contributed by atoms with Crippen molar-refractivity contribution >= 4 is 96.2 Å². The highest BCUT2D eigenvalue weighted by molar-refractivity contribution is 14.1. The number of carbonyl (C=O) groups is 1. The van der Waals surface area contributed by atoms with Crippen LogP contribution in [0.4, 0.5) is 0 Å². The van der Waals surface area contributed by atoms with Crippen molar-refractivity contribution in [2.24, 2.45) is 0 Å². The average molecular weight is 655 g/mol. The molecule has 3 N–H and O–H groups in total. The van der Waals surface area contributed by atoms with Crippen LogP contribution >= 0.6 is 68.4 Å². The summed E-state index contributed by atoms with van der Waals surface area (Å²) in [5.41, 5.74) is 0.545. The van der Waals surface area contributed by atoms with Gasteiger partial charge in [-0.3, -0.25) is 9.59 Å². The van der Waals surface area contributed by atoms with E-state index in [2.05, 4.69) is 32.6 Å². The lowest BCUT2D eigenvalue weighted by Gasteiger charge is -2.02. The molecule has 2 aromatic carbocycles. The summed E-state index contributed by atoms with van der Waals surface area (Å²) in [5, 5.41) is 11.0. The lowest BCUT2D eigenvalue weighted by atomic mass is 10.1. The molecule has 10 heteroatoms. The molecule has 0 aliphatic carbocycles. The molecule has 29 heavy (non-hydrogen) atoms. The van der Waals surface area contributed by atoms with Crippen molar-refractivity contribution in [1.29, 1.82) is 0 Å². The van der Waals surface area contributed by atoms with Crippen LogP contribution in [0.2, 0.25) is 10.0 Å². The van der Waals surface area contributed by atoms with E-state index in [1.807, 2.05) is 22.6 Å². The molecular formula is C19H10Cl2I2N2O4. The van der Waals surface area contributed by atoms with Crippen LogP contribution in [0.3, 0.4) is 0 Å². The summed E-state index contributed by atoms with van der Waals surface area (Å²) < 4.78 is 1.60. The van der Waals surface area contributed by atoms with Gasteiger partial charge in [-0.2, -0.15) is 0 Å². The van der Waals surface area contributed by atoms with Gasteiger partial charge in [0, 0.05) is 36.4 Å². The summed E-state index contributed by atoms with van der Waals surface area (Å²) in [6, 6.07) is 8.23. The maximum Gasteiger partial charge on any atom is 0.341 e. The quantitative estimate of drug-likeness (QED) is 0.244. The molecule has 0 aliphatic rings. The standard InChI is InChI=1S/C10H5ClINO3.C9H5ClINO/c11-6-2-8-4(1-7(6)12)9(14)5(3-13-8)10(15)16;10-6-4-8-5(3-7(6)11)9(13)1-2-12-8/h1-3H,(H,13,14)(H,15,16);1-4H,(H,12,13). The summed E-state index contributed by atoms with van der Waals surface area (Å²) >= 11 is 15.9. The Labute approximate surface area is 200 Å². The zero-order valence-corrected chi connectivity index (χ0v) is 20.1. The van der Waals surface area contributed by atoms with Gasteiger partial charge in [0.1, 0.15) is 5.56 Å². The number of hydrogen-bond donors (Lipinski definition) is 3. The SMILES string of the molecule is O=C(O)c1c[nH]c2cc(Cl)c(I)cc2c1=O.O=c1cc[nH]c2cc(Cl)c(I)cc12. The second kappa shape index (κ2) is 9.02. The third kappa shape index (κ3) is 4.76. The largest absolute Gasteiger partial charge is 0.477 e. The van der Waals surface area contributed by atoms with E-state index in [4.69, 9.17) is 28.3 Å². The van der Waals surface area contributed by atoms with Gasteiger partial charge in [-0.1, -0.05) is 23.2 Å². The third-order valence-corrected chi connectivity index (χ3v) is 7.00. The van der Waals surface area contributed by atoms with Gasteiger partial charge < -0.3 is 15.1 Å². The topological polar surface area (TPSA) is 103 Å². The zero-order chi connectivity index (χ0) is 21.3. The minimum atomic E-state index is -1.24. The van der Waals surface area contributed by atoms with Gasteiger partial charge in [-0.05, 0) is 69.4 Å². The van der Waals surface area contributed by atoms with Gasteiger partial charge in [0.25, 0.3) is 0 Å². The fourth-order valence-corrected chi connectivity index (χ4v) is 3.80. The lowest BCUT2D eigenvalue weighted by molar-refractivity contribution is 0.0695. The summed E-state index contributed by atoms with van der Waals surface area (Å²) in [6.45, 7) is 0. The number of aromatic carboxylic acids is 1. The van der Waals surface area contributed by atoms with E-state index in [1.165, 1.54) is 12.3 Å². The monoisotopic (exact) mass is 654 g/mol. The van der Waals surface area contributed by atoms with E-state index < -0.39 is 11.4 Å². The number of halogens is 4. The van der Waals surface area contributed by atoms with Gasteiger partial charge in [0.2, 0.25) is 5.43 Å². The van der Waals surface area contributed by atoms with E-state index in [1.54, 1.807) is 30.5 Å². The highest BCUT2D eigenvalue weighted by Gasteiger charge is 2.12. The maximum absolute atomic E-state index is 11.8. The van der Waals surface area contributed by atoms with Gasteiger partial charge in [0.05, 0.1) is 21.1 Å². The number of carboxylic acids is 1. The number of nitrogens with one attached hydrogen (secondary N) is 2. The van der Waals surface area contributed by atoms with Crippen LogP contribution in [0, 0.1) is 7.14 Å². The number of fused-ring (bicyclic) bond motifs is 2. The molecular weight excluding hydrogens is 645 g/mol. The van der Waals surface area contributed by atoms with Crippen LogP contribution in [0.5, 0.6) is 0 Å². The van der Waals surface area contributed by atoms with Crippen LogP contribution in [0.15, 0.2) is 52.3 Å². The van der Waals surface area contributed by atoms with Crippen molar-refractivity contribution in [3.63, 3.8) is 0 Å². The van der Waals surface area contributed by atoms with Crippen molar-refractivity contribution in [2.45, 2.75) is 0 Å². The van der Waals surface area contributed by atoms with Crippen LogP contribution in [0.1, 0.15) is 10.4 Å². The molecule has 0 aliphatic heterocycles. The molecule has 2 heterocycles. The van der Waals surface area contributed by atoms with Crippen molar-refractivity contribution < 1.29 is 9.90 Å². The summed E-state index contributed by atoms with van der Waals surface area (Å²) in [6.07, 6.45) is 2.80. The Kier molecular flexibility index (Phi) is 6.87. The molecule has 0 atom stereocenters. The summed E-state index contributed by atoms with van der Waals surface area (Å²) in [5.74, 6) is -1.24. The summed E-state index contributed by atoms with van der Waals surface area (Å²) in [4.78, 5) is 39.6. The van der Waals surface area contributed by atoms with Gasteiger partial charge in [0.15, 0.2) is 5.43 Å². The molecule has 0 amide bonds. The fourth-order valence-electron chi connectivity index (χ4n) is 2.54. The van der Waals surface area contributed by atoms with E-state index in [0.717, 1.165) is 9.09 Å². The number of aromatic amines is 2. The molecule has 4 rings (SSSR count). The number of carboxylic acid groups (broad SMARTS) is 1. The fraction of sp³-hybridized carbons (Fsp3) is 0. The van der Waals surface area contributed by atoms with E-state index in [0.29, 0.717) is 29.9 Å². The molecule has 0 unspecified atom stereocenters. The van der Waals surface area contributed by atoms with Crippen LogP contribution in [-0.2, 0) is 0 Å². The van der Waals surface area contributed by atoms with Crippen molar-refractivity contribution in [3.8, 4) is 0 Å². The molecule has 0 saturated heterocycles. The van der Waals surface area contributed by atoms with E-state index >= 15 is 0 Å². The molecule has 0 bridgehead atoms. The van der Waals surface area contributed by atoms with E-state index in [-0.39, 0.29) is 11.0 Å². The number of hydrogen-bond acceptors (Lipinski definition) is 3. The number of H-pyrrole nitrogens is 2. The van der Waals surface area contributed by atoms with Crippen molar-refractivity contribution in [2.75, 3.05) is 0 Å². The predicted octanol–water partition coefficient (Wildman–Crippen LogP) is 5.27. The van der Waals surface area contributed by atoms with Crippen LogP contribution in [0.25, 0.3) is 21.8 Å². The maximum atomic E-state index is 11.8. The normalized spacial score (nSPS) is 10.6. The van der Waals surface area contributed by atoms with Crippen LogP contribution < -0.4 is 10.9 Å². The molecule has 4 aromatic rings. The molecule has 148 valence electrons. The predicted molar refractivity (Wildman–Crippen MR) is 132 cm³/mol. The number of benzene rings is 2. The molecule has 0 spiro atoms. The molecule has 6 nitrogen and oxygen atoms in total. The second-order valence-electron chi connectivity index (χ2n) is 5.80. The highest BCUT2D eigenvalue weighted by Crippen LogP contribution is 2.23. The van der Waals surface area contributed by atoms with Crippen LogP contribution in [-0.4, -0.2) is 21.0 Å². The first-order valence-electron chi connectivity index (χ1n) is 7.89.